The summed E-state index contributed by atoms with van der Waals surface area (Å²) in [7, 11) is 0. The van der Waals surface area contributed by atoms with Crippen molar-refractivity contribution in [1.82, 2.24) is 4.98 Å². The van der Waals surface area contributed by atoms with Crippen LogP contribution >= 0.6 is 0 Å². The van der Waals surface area contributed by atoms with E-state index in [1.807, 2.05) is 30.5 Å². The van der Waals surface area contributed by atoms with Crippen molar-refractivity contribution in [2.45, 2.75) is 6.92 Å². The summed E-state index contributed by atoms with van der Waals surface area (Å²) in [4.78, 5) is 26.7. The molecule has 118 valence electrons. The van der Waals surface area contributed by atoms with Crippen LogP contribution in [0.3, 0.4) is 0 Å². The van der Waals surface area contributed by atoms with Crippen LogP contribution in [-0.4, -0.2) is 16.7 Å². The van der Waals surface area contributed by atoms with E-state index in [1.165, 1.54) is 6.92 Å². The summed E-state index contributed by atoms with van der Waals surface area (Å²) in [6.07, 6.45) is 3.55. The van der Waals surface area contributed by atoms with Gasteiger partial charge >= 0.3 is 5.97 Å². The lowest BCUT2D eigenvalue weighted by atomic mass is 10.1. The standard InChI is InChI=1S/C19H13NO4/c1-11(21)23-13-6-7-15-17(9-13)24-18(19(15)22)8-12-10-20-16-5-3-2-4-14(12)16/h2-10,20H,1H3. The molecule has 0 radical (unpaired) electrons. The number of H-pyrrole nitrogens is 1. The van der Waals surface area contributed by atoms with Gasteiger partial charge in [0.05, 0.1) is 5.56 Å². The van der Waals surface area contributed by atoms with Gasteiger partial charge in [-0.25, -0.2) is 0 Å². The predicted octanol–water partition coefficient (Wildman–Crippen LogP) is 3.71. The number of hydrogen-bond acceptors (Lipinski definition) is 4. The van der Waals surface area contributed by atoms with E-state index in [2.05, 4.69) is 4.98 Å². The van der Waals surface area contributed by atoms with Gasteiger partial charge in [-0.1, -0.05) is 18.2 Å². The highest BCUT2D eigenvalue weighted by Gasteiger charge is 2.28. The van der Waals surface area contributed by atoms with Gasteiger partial charge in [0, 0.05) is 35.7 Å². The topological polar surface area (TPSA) is 68.4 Å². The molecule has 0 unspecified atom stereocenters. The maximum Gasteiger partial charge on any atom is 0.308 e. The number of carbonyl (C=O) groups excluding carboxylic acids is 2. The number of esters is 1. The third-order valence-electron chi connectivity index (χ3n) is 3.81. The molecule has 5 nitrogen and oxygen atoms in total. The second kappa shape index (κ2) is 5.38. The second-order valence-corrected chi connectivity index (χ2v) is 5.48. The summed E-state index contributed by atoms with van der Waals surface area (Å²) in [5.41, 5.74) is 2.32. The van der Waals surface area contributed by atoms with E-state index in [1.54, 1.807) is 24.3 Å². The maximum absolute atomic E-state index is 12.5. The number of allylic oxidation sites excluding steroid dienone is 1. The van der Waals surface area contributed by atoms with Crippen molar-refractivity contribution in [1.29, 1.82) is 0 Å². The molecular weight excluding hydrogens is 306 g/mol. The molecule has 0 saturated carbocycles. The summed E-state index contributed by atoms with van der Waals surface area (Å²) in [6, 6.07) is 12.6. The summed E-state index contributed by atoms with van der Waals surface area (Å²) in [5.74, 6) is 0.375. The first-order chi connectivity index (χ1) is 11.6. The molecule has 0 amide bonds. The van der Waals surface area contributed by atoms with Crippen LogP contribution in [0, 0.1) is 0 Å². The number of ether oxygens (including phenoxy) is 2. The van der Waals surface area contributed by atoms with Crippen LogP contribution in [-0.2, 0) is 4.79 Å². The molecule has 5 heteroatoms. The van der Waals surface area contributed by atoms with Crippen LogP contribution in [0.5, 0.6) is 11.5 Å². The number of Topliss-reactive ketones (excluding diaryl/α,β-unsaturated/α-hetero) is 1. The lowest BCUT2D eigenvalue weighted by Crippen LogP contribution is -2.01. The van der Waals surface area contributed by atoms with Crippen molar-refractivity contribution in [3.63, 3.8) is 0 Å². The maximum atomic E-state index is 12.5. The minimum Gasteiger partial charge on any atom is -0.452 e. The molecule has 0 fully saturated rings. The first kappa shape index (κ1) is 14.3. The Morgan fingerprint density at radius 1 is 1.21 bits per heavy atom. The molecule has 3 aromatic rings. The molecular formula is C19H13NO4. The Hall–Kier alpha value is -3.34. The highest BCUT2D eigenvalue weighted by molar-refractivity contribution is 6.15. The zero-order valence-corrected chi connectivity index (χ0v) is 12.8. The molecule has 24 heavy (non-hydrogen) atoms. The van der Waals surface area contributed by atoms with E-state index in [4.69, 9.17) is 9.47 Å². The molecule has 0 aliphatic carbocycles. The van der Waals surface area contributed by atoms with E-state index in [-0.39, 0.29) is 11.5 Å². The number of hydrogen-bond donors (Lipinski definition) is 1. The van der Waals surface area contributed by atoms with Crippen LogP contribution in [0.4, 0.5) is 0 Å². The van der Waals surface area contributed by atoms with Crippen molar-refractivity contribution in [2.24, 2.45) is 0 Å². The lowest BCUT2D eigenvalue weighted by Gasteiger charge is -2.02. The van der Waals surface area contributed by atoms with Gasteiger partial charge in [0.1, 0.15) is 11.5 Å². The third-order valence-corrected chi connectivity index (χ3v) is 3.81. The monoisotopic (exact) mass is 319 g/mol. The summed E-state index contributed by atoms with van der Waals surface area (Å²) in [5, 5.41) is 1.01. The van der Waals surface area contributed by atoms with Gasteiger partial charge in [0.15, 0.2) is 5.76 Å². The molecule has 1 aliphatic heterocycles. The van der Waals surface area contributed by atoms with E-state index < -0.39 is 5.97 Å². The van der Waals surface area contributed by atoms with Gasteiger partial charge in [-0.3, -0.25) is 9.59 Å². The fourth-order valence-electron chi connectivity index (χ4n) is 2.75. The molecule has 0 bridgehead atoms. The summed E-state index contributed by atoms with van der Waals surface area (Å²) >= 11 is 0. The van der Waals surface area contributed by atoms with E-state index in [0.717, 1.165) is 16.5 Å². The van der Waals surface area contributed by atoms with Gasteiger partial charge in [-0.15, -0.1) is 0 Å². The van der Waals surface area contributed by atoms with Crippen molar-refractivity contribution < 1.29 is 19.1 Å². The molecule has 1 aromatic heterocycles. The zero-order valence-electron chi connectivity index (χ0n) is 12.8. The SMILES string of the molecule is CC(=O)Oc1ccc2c(c1)OC(=Cc1c[nH]c3ccccc13)C2=O. The lowest BCUT2D eigenvalue weighted by molar-refractivity contribution is -0.131. The Morgan fingerprint density at radius 3 is 2.88 bits per heavy atom. The first-order valence-electron chi connectivity index (χ1n) is 7.44. The average molecular weight is 319 g/mol. The van der Waals surface area contributed by atoms with Crippen LogP contribution in [0.1, 0.15) is 22.8 Å². The molecule has 2 aromatic carbocycles. The van der Waals surface area contributed by atoms with Gasteiger partial charge in [0.2, 0.25) is 5.78 Å². The minimum atomic E-state index is -0.422. The van der Waals surface area contributed by atoms with Crippen molar-refractivity contribution in [3.05, 3.63) is 65.5 Å². The van der Waals surface area contributed by atoms with Gasteiger partial charge in [-0.05, 0) is 24.3 Å². The number of benzene rings is 2. The van der Waals surface area contributed by atoms with Gasteiger partial charge in [-0.2, -0.15) is 0 Å². The van der Waals surface area contributed by atoms with Crippen molar-refractivity contribution in [3.8, 4) is 11.5 Å². The summed E-state index contributed by atoms with van der Waals surface area (Å²) < 4.78 is 10.7. The molecule has 2 heterocycles. The number of ketones is 1. The fraction of sp³-hybridized carbons (Fsp3) is 0.0526. The Bertz CT molecular complexity index is 1010. The Morgan fingerprint density at radius 2 is 2.04 bits per heavy atom. The van der Waals surface area contributed by atoms with Crippen LogP contribution in [0.15, 0.2) is 54.4 Å². The zero-order chi connectivity index (χ0) is 16.7. The number of carbonyl (C=O) groups is 2. The van der Waals surface area contributed by atoms with Gasteiger partial charge in [0.25, 0.3) is 0 Å². The summed E-state index contributed by atoms with van der Waals surface area (Å²) in [6.45, 7) is 1.32. The molecule has 0 atom stereocenters. The van der Waals surface area contributed by atoms with Crippen molar-refractivity contribution in [2.75, 3.05) is 0 Å². The predicted molar refractivity (Wildman–Crippen MR) is 89.0 cm³/mol. The average Bonchev–Trinajstić information content (AvgIpc) is 3.09. The smallest absolute Gasteiger partial charge is 0.308 e. The third kappa shape index (κ3) is 2.36. The molecule has 4 rings (SSSR count). The first-order valence-corrected chi connectivity index (χ1v) is 7.44. The van der Waals surface area contributed by atoms with Gasteiger partial charge < -0.3 is 14.5 Å². The molecule has 1 aliphatic rings. The number of para-hydroxylation sites is 1. The molecule has 1 N–H and O–H groups in total. The number of aromatic nitrogens is 1. The van der Waals surface area contributed by atoms with E-state index in [0.29, 0.717) is 17.1 Å². The highest BCUT2D eigenvalue weighted by atomic mass is 16.5. The van der Waals surface area contributed by atoms with E-state index in [9.17, 15) is 9.59 Å². The number of nitrogens with one attached hydrogen (secondary N) is 1. The Kier molecular flexibility index (Phi) is 3.20. The second-order valence-electron chi connectivity index (χ2n) is 5.48. The van der Waals surface area contributed by atoms with Crippen LogP contribution in [0.25, 0.3) is 17.0 Å². The highest BCUT2D eigenvalue weighted by Crippen LogP contribution is 2.35. The number of aromatic amines is 1. The Balaban J connectivity index is 1.70. The van der Waals surface area contributed by atoms with Crippen molar-refractivity contribution >= 4 is 28.7 Å². The van der Waals surface area contributed by atoms with Crippen LogP contribution < -0.4 is 9.47 Å². The normalized spacial score (nSPS) is 14.7. The molecule has 0 spiro atoms. The minimum absolute atomic E-state index is 0.190. The quantitative estimate of drug-likeness (QED) is 0.444. The number of rotatable bonds is 2. The Labute approximate surface area is 137 Å². The fourth-order valence-corrected chi connectivity index (χ4v) is 2.75. The van der Waals surface area contributed by atoms with E-state index >= 15 is 0 Å². The molecule has 0 saturated heterocycles. The van der Waals surface area contributed by atoms with Crippen LogP contribution in [0.2, 0.25) is 0 Å². The largest absolute Gasteiger partial charge is 0.452 e. The number of fused-ring (bicyclic) bond motifs is 2.